The van der Waals surface area contributed by atoms with Gasteiger partial charge in [0.2, 0.25) is 5.91 Å². The second-order valence-electron chi connectivity index (χ2n) is 6.59. The van der Waals surface area contributed by atoms with Gasteiger partial charge in [-0.15, -0.1) is 0 Å². The lowest BCUT2D eigenvalue weighted by atomic mass is 9.91. The molecule has 0 spiro atoms. The van der Waals surface area contributed by atoms with Gasteiger partial charge in [0.25, 0.3) is 0 Å². The normalized spacial score (nSPS) is 40.5. The topological polar surface area (TPSA) is 58.4 Å². The smallest absolute Gasteiger partial charge is 0.237 e. The molecule has 3 N–H and O–H groups in total. The van der Waals surface area contributed by atoms with E-state index in [0.29, 0.717) is 12.1 Å². The van der Waals surface area contributed by atoms with Crippen molar-refractivity contribution in [3.8, 4) is 0 Å². The third-order valence-corrected chi connectivity index (χ3v) is 5.13. The molecule has 1 saturated carbocycles. The van der Waals surface area contributed by atoms with Crippen LogP contribution in [0.25, 0.3) is 0 Å². The number of carbonyl (C=O) groups is 1. The van der Waals surface area contributed by atoms with Gasteiger partial charge in [-0.2, -0.15) is 0 Å². The van der Waals surface area contributed by atoms with Gasteiger partial charge in [-0.1, -0.05) is 13.8 Å². The highest BCUT2D eigenvalue weighted by Gasteiger charge is 2.46. The fourth-order valence-corrected chi connectivity index (χ4v) is 4.08. The summed E-state index contributed by atoms with van der Waals surface area (Å²) in [4.78, 5) is 14.4. The maximum atomic E-state index is 11.8. The molecule has 4 heteroatoms. The molecule has 19 heavy (non-hydrogen) atoms. The number of hydrogen-bond acceptors (Lipinski definition) is 3. The van der Waals surface area contributed by atoms with Gasteiger partial charge in [0.05, 0.1) is 5.54 Å². The number of likely N-dealkylation sites (tertiary alicyclic amines) is 1. The quantitative estimate of drug-likeness (QED) is 0.811. The standard InChI is InChI=1S/C15H29N3O/c1-4-17-15(14(16)19)7-5-13(10-15)18-8-6-11(2)9-12(18)3/h11-13,17H,4-10H2,1-3H3,(H2,16,19). The maximum absolute atomic E-state index is 11.8. The van der Waals surface area contributed by atoms with Crippen LogP contribution in [0, 0.1) is 5.92 Å². The van der Waals surface area contributed by atoms with Crippen LogP contribution < -0.4 is 11.1 Å². The van der Waals surface area contributed by atoms with Crippen molar-refractivity contribution in [2.45, 2.75) is 70.5 Å². The summed E-state index contributed by atoms with van der Waals surface area (Å²) in [5, 5.41) is 3.35. The zero-order valence-corrected chi connectivity index (χ0v) is 12.6. The summed E-state index contributed by atoms with van der Waals surface area (Å²) in [7, 11) is 0. The highest BCUT2D eigenvalue weighted by atomic mass is 16.1. The lowest BCUT2D eigenvalue weighted by Crippen LogP contribution is -2.55. The average molecular weight is 267 g/mol. The third kappa shape index (κ3) is 2.95. The Morgan fingerprint density at radius 1 is 1.42 bits per heavy atom. The zero-order valence-electron chi connectivity index (χ0n) is 12.6. The largest absolute Gasteiger partial charge is 0.368 e. The summed E-state index contributed by atoms with van der Waals surface area (Å²) >= 11 is 0. The number of amides is 1. The summed E-state index contributed by atoms with van der Waals surface area (Å²) in [6, 6.07) is 1.16. The van der Waals surface area contributed by atoms with E-state index < -0.39 is 5.54 Å². The summed E-state index contributed by atoms with van der Waals surface area (Å²) in [6.07, 6.45) is 5.43. The van der Waals surface area contributed by atoms with Gasteiger partial charge in [0.15, 0.2) is 0 Å². The first-order valence-corrected chi connectivity index (χ1v) is 7.79. The Labute approximate surface area is 117 Å². The number of hydrogen-bond donors (Lipinski definition) is 2. The van der Waals surface area contributed by atoms with Crippen molar-refractivity contribution >= 4 is 5.91 Å². The summed E-state index contributed by atoms with van der Waals surface area (Å²) < 4.78 is 0. The number of rotatable bonds is 4. The Balaban J connectivity index is 2.02. The molecule has 0 aromatic carbocycles. The van der Waals surface area contributed by atoms with Crippen molar-refractivity contribution in [2.75, 3.05) is 13.1 Å². The summed E-state index contributed by atoms with van der Waals surface area (Å²) in [5.41, 5.74) is 5.19. The first-order valence-electron chi connectivity index (χ1n) is 7.79. The molecule has 4 atom stereocenters. The lowest BCUT2D eigenvalue weighted by molar-refractivity contribution is -0.124. The molecule has 0 aromatic rings. The number of piperidine rings is 1. The van der Waals surface area contributed by atoms with Crippen molar-refractivity contribution in [2.24, 2.45) is 11.7 Å². The van der Waals surface area contributed by atoms with Crippen molar-refractivity contribution < 1.29 is 4.79 Å². The molecule has 2 fully saturated rings. The monoisotopic (exact) mass is 267 g/mol. The van der Waals surface area contributed by atoms with E-state index >= 15 is 0 Å². The molecular formula is C15H29N3O. The van der Waals surface area contributed by atoms with E-state index in [1.165, 1.54) is 19.4 Å². The highest BCUT2D eigenvalue weighted by molar-refractivity contribution is 5.85. The number of nitrogens with two attached hydrogens (primary N) is 1. The van der Waals surface area contributed by atoms with Gasteiger partial charge < -0.3 is 11.1 Å². The molecule has 0 radical (unpaired) electrons. The number of nitrogens with one attached hydrogen (secondary N) is 1. The van der Waals surface area contributed by atoms with E-state index in [1.807, 2.05) is 6.92 Å². The van der Waals surface area contributed by atoms with Crippen molar-refractivity contribution in [1.29, 1.82) is 0 Å². The predicted molar refractivity (Wildman–Crippen MR) is 77.8 cm³/mol. The van der Waals surface area contributed by atoms with Gasteiger partial charge in [-0.3, -0.25) is 9.69 Å². The third-order valence-electron chi connectivity index (χ3n) is 5.13. The fourth-order valence-electron chi connectivity index (χ4n) is 4.08. The number of carbonyl (C=O) groups excluding carboxylic acids is 1. The van der Waals surface area contributed by atoms with E-state index in [9.17, 15) is 4.79 Å². The molecule has 1 aliphatic heterocycles. The number of nitrogens with zero attached hydrogens (tertiary/aromatic N) is 1. The summed E-state index contributed by atoms with van der Waals surface area (Å²) in [6.45, 7) is 8.70. The minimum atomic E-state index is -0.456. The Bertz CT molecular complexity index is 333. The predicted octanol–water partition coefficient (Wildman–Crippen LogP) is 1.49. The van der Waals surface area contributed by atoms with Crippen LogP contribution in [0.1, 0.15) is 52.9 Å². The van der Waals surface area contributed by atoms with Gasteiger partial charge in [0, 0.05) is 12.1 Å². The Morgan fingerprint density at radius 2 is 2.16 bits per heavy atom. The van der Waals surface area contributed by atoms with Crippen LogP contribution in [0.15, 0.2) is 0 Å². The molecule has 110 valence electrons. The van der Waals surface area contributed by atoms with E-state index in [4.69, 9.17) is 5.73 Å². The van der Waals surface area contributed by atoms with E-state index in [1.54, 1.807) is 0 Å². The Hall–Kier alpha value is -0.610. The van der Waals surface area contributed by atoms with Crippen LogP contribution >= 0.6 is 0 Å². The molecule has 2 aliphatic rings. The van der Waals surface area contributed by atoms with E-state index in [2.05, 4.69) is 24.1 Å². The van der Waals surface area contributed by atoms with E-state index in [0.717, 1.165) is 31.7 Å². The average Bonchev–Trinajstić information content (AvgIpc) is 2.75. The molecule has 1 amide bonds. The molecule has 2 rings (SSSR count). The zero-order chi connectivity index (χ0) is 14.0. The second kappa shape index (κ2) is 5.80. The molecule has 1 saturated heterocycles. The van der Waals surface area contributed by atoms with Gasteiger partial charge >= 0.3 is 0 Å². The van der Waals surface area contributed by atoms with Crippen LogP contribution in [0.4, 0.5) is 0 Å². The highest BCUT2D eigenvalue weighted by Crippen LogP contribution is 2.36. The molecule has 0 bridgehead atoms. The van der Waals surface area contributed by atoms with Crippen molar-refractivity contribution in [3.05, 3.63) is 0 Å². The first kappa shape index (κ1) is 14.8. The molecule has 4 nitrogen and oxygen atoms in total. The maximum Gasteiger partial charge on any atom is 0.237 e. The minimum Gasteiger partial charge on any atom is -0.368 e. The SMILES string of the molecule is CCNC1(C(N)=O)CCC(N2CCC(C)CC2C)C1. The van der Waals surface area contributed by atoms with Crippen LogP contribution in [0.2, 0.25) is 0 Å². The van der Waals surface area contributed by atoms with E-state index in [-0.39, 0.29) is 5.91 Å². The van der Waals surface area contributed by atoms with Gasteiger partial charge in [-0.25, -0.2) is 0 Å². The number of likely N-dealkylation sites (N-methyl/N-ethyl adjacent to an activating group) is 1. The van der Waals surface area contributed by atoms with Gasteiger partial charge in [0.1, 0.15) is 0 Å². The molecule has 1 aliphatic carbocycles. The van der Waals surface area contributed by atoms with Crippen LogP contribution in [-0.2, 0) is 4.79 Å². The van der Waals surface area contributed by atoms with Crippen molar-refractivity contribution in [1.82, 2.24) is 10.2 Å². The lowest BCUT2D eigenvalue weighted by Gasteiger charge is -2.41. The molecule has 4 unspecified atom stereocenters. The summed E-state index contributed by atoms with van der Waals surface area (Å²) in [5.74, 6) is 0.664. The minimum absolute atomic E-state index is 0.171. The Morgan fingerprint density at radius 3 is 2.74 bits per heavy atom. The van der Waals surface area contributed by atoms with Crippen LogP contribution in [0.3, 0.4) is 0 Å². The van der Waals surface area contributed by atoms with Crippen molar-refractivity contribution in [3.63, 3.8) is 0 Å². The van der Waals surface area contributed by atoms with Crippen LogP contribution in [0.5, 0.6) is 0 Å². The second-order valence-corrected chi connectivity index (χ2v) is 6.59. The molecule has 1 heterocycles. The first-order chi connectivity index (χ1) is 8.98. The number of primary amides is 1. The Kier molecular flexibility index (Phi) is 4.51. The van der Waals surface area contributed by atoms with Crippen LogP contribution in [-0.4, -0.2) is 41.5 Å². The van der Waals surface area contributed by atoms with Gasteiger partial charge in [-0.05, 0) is 58.0 Å². The molecular weight excluding hydrogens is 238 g/mol. The molecule has 0 aromatic heterocycles. The fraction of sp³-hybridized carbons (Fsp3) is 0.933.